The van der Waals surface area contributed by atoms with E-state index in [-0.39, 0.29) is 0 Å². The third-order valence-corrected chi connectivity index (χ3v) is 3.98. The smallest absolute Gasteiger partial charge is 0.0637 e. The fraction of sp³-hybridized carbons (Fsp3) is 0.600. The molecule has 1 aromatic carbocycles. The summed E-state index contributed by atoms with van der Waals surface area (Å²) in [5.41, 5.74) is 2.68. The highest BCUT2D eigenvalue weighted by Crippen LogP contribution is 2.26. The SMILES string of the molecule is CCN(CCOC)c1ccc(Br)cc1CNC1CC1. The fourth-order valence-electron chi connectivity index (χ4n) is 2.20. The number of halogens is 1. The molecule has 0 saturated heterocycles. The normalized spacial score (nSPS) is 14.7. The van der Waals surface area contributed by atoms with E-state index in [1.807, 2.05) is 0 Å². The number of nitrogens with zero attached hydrogens (tertiary/aromatic N) is 1. The Bertz CT molecular complexity index is 407. The van der Waals surface area contributed by atoms with Gasteiger partial charge in [0.1, 0.15) is 0 Å². The molecule has 1 aliphatic rings. The van der Waals surface area contributed by atoms with Gasteiger partial charge in [0.05, 0.1) is 6.61 Å². The van der Waals surface area contributed by atoms with E-state index in [0.29, 0.717) is 0 Å². The van der Waals surface area contributed by atoms with Gasteiger partial charge in [-0.15, -0.1) is 0 Å². The van der Waals surface area contributed by atoms with E-state index in [9.17, 15) is 0 Å². The van der Waals surface area contributed by atoms with Crippen molar-refractivity contribution >= 4 is 21.6 Å². The molecule has 0 radical (unpaired) electrons. The molecular weight excluding hydrogens is 304 g/mol. The summed E-state index contributed by atoms with van der Waals surface area (Å²) in [6.07, 6.45) is 2.65. The van der Waals surface area contributed by atoms with Crippen LogP contribution in [-0.4, -0.2) is 32.8 Å². The molecule has 4 heteroatoms. The lowest BCUT2D eigenvalue weighted by Crippen LogP contribution is -2.28. The predicted octanol–water partition coefficient (Wildman–Crippen LogP) is 3.17. The van der Waals surface area contributed by atoms with Crippen LogP contribution in [0.1, 0.15) is 25.3 Å². The first-order valence-electron chi connectivity index (χ1n) is 7.00. The van der Waals surface area contributed by atoms with E-state index >= 15 is 0 Å². The molecule has 1 saturated carbocycles. The van der Waals surface area contributed by atoms with Crippen LogP contribution in [0.4, 0.5) is 5.69 Å². The van der Waals surface area contributed by atoms with Crippen LogP contribution in [0.5, 0.6) is 0 Å². The van der Waals surface area contributed by atoms with Crippen molar-refractivity contribution in [3.05, 3.63) is 28.2 Å². The van der Waals surface area contributed by atoms with E-state index in [2.05, 4.69) is 51.3 Å². The number of hydrogen-bond acceptors (Lipinski definition) is 3. The maximum atomic E-state index is 5.20. The van der Waals surface area contributed by atoms with Crippen molar-refractivity contribution in [1.82, 2.24) is 5.32 Å². The molecular formula is C15H23BrN2O. The Morgan fingerprint density at radius 1 is 1.42 bits per heavy atom. The zero-order chi connectivity index (χ0) is 13.7. The third-order valence-electron chi connectivity index (χ3n) is 3.49. The molecule has 0 heterocycles. The van der Waals surface area contributed by atoms with Crippen LogP contribution in [-0.2, 0) is 11.3 Å². The summed E-state index contributed by atoms with van der Waals surface area (Å²) in [7, 11) is 1.75. The number of nitrogens with one attached hydrogen (secondary N) is 1. The summed E-state index contributed by atoms with van der Waals surface area (Å²) in [6, 6.07) is 7.28. The van der Waals surface area contributed by atoms with Crippen molar-refractivity contribution in [1.29, 1.82) is 0 Å². The van der Waals surface area contributed by atoms with E-state index in [1.54, 1.807) is 7.11 Å². The number of methoxy groups -OCH3 is 1. The van der Waals surface area contributed by atoms with Crippen molar-refractivity contribution in [3.63, 3.8) is 0 Å². The number of anilines is 1. The Morgan fingerprint density at radius 2 is 2.21 bits per heavy atom. The summed E-state index contributed by atoms with van der Waals surface area (Å²) in [4.78, 5) is 2.37. The third kappa shape index (κ3) is 4.48. The second kappa shape index (κ2) is 7.27. The van der Waals surface area contributed by atoms with Gasteiger partial charge in [-0.25, -0.2) is 0 Å². The molecule has 0 atom stereocenters. The first kappa shape index (κ1) is 14.8. The highest BCUT2D eigenvalue weighted by Gasteiger charge is 2.21. The van der Waals surface area contributed by atoms with Gasteiger partial charge in [0, 0.05) is 42.9 Å². The van der Waals surface area contributed by atoms with Gasteiger partial charge >= 0.3 is 0 Å². The Morgan fingerprint density at radius 3 is 2.84 bits per heavy atom. The predicted molar refractivity (Wildman–Crippen MR) is 83.8 cm³/mol. The van der Waals surface area contributed by atoms with Crippen molar-refractivity contribution in [2.24, 2.45) is 0 Å². The quantitative estimate of drug-likeness (QED) is 0.794. The lowest BCUT2D eigenvalue weighted by molar-refractivity contribution is 0.205. The Kier molecular flexibility index (Phi) is 5.67. The molecule has 3 nitrogen and oxygen atoms in total. The molecule has 1 fully saturated rings. The minimum atomic E-state index is 0.737. The zero-order valence-electron chi connectivity index (χ0n) is 11.8. The molecule has 0 spiro atoms. The molecule has 2 rings (SSSR count). The monoisotopic (exact) mass is 326 g/mol. The molecule has 0 aliphatic heterocycles. The van der Waals surface area contributed by atoms with Gasteiger partial charge in [-0.1, -0.05) is 15.9 Å². The molecule has 0 aromatic heterocycles. The Balaban J connectivity index is 2.10. The van der Waals surface area contributed by atoms with E-state index in [4.69, 9.17) is 4.74 Å². The van der Waals surface area contributed by atoms with Gasteiger partial charge in [-0.2, -0.15) is 0 Å². The molecule has 19 heavy (non-hydrogen) atoms. The number of rotatable bonds is 8. The standard InChI is InChI=1S/C15H23BrN2O/c1-3-18(8-9-19-2)15-7-4-13(16)10-12(15)11-17-14-5-6-14/h4,7,10,14,17H,3,5-6,8-9,11H2,1-2H3. The first-order chi connectivity index (χ1) is 9.24. The lowest BCUT2D eigenvalue weighted by Gasteiger charge is -2.26. The number of likely N-dealkylation sites (N-methyl/N-ethyl adjacent to an activating group) is 1. The van der Waals surface area contributed by atoms with E-state index in [1.165, 1.54) is 24.1 Å². The van der Waals surface area contributed by atoms with Gasteiger partial charge < -0.3 is 15.0 Å². The van der Waals surface area contributed by atoms with Gasteiger partial charge in [0.25, 0.3) is 0 Å². The average molecular weight is 327 g/mol. The van der Waals surface area contributed by atoms with E-state index in [0.717, 1.165) is 36.8 Å². The van der Waals surface area contributed by atoms with Crippen molar-refractivity contribution in [2.45, 2.75) is 32.4 Å². The Hall–Kier alpha value is -0.580. The van der Waals surface area contributed by atoms with Crippen molar-refractivity contribution in [3.8, 4) is 0 Å². The second-order valence-electron chi connectivity index (χ2n) is 5.00. The molecule has 106 valence electrons. The maximum Gasteiger partial charge on any atom is 0.0637 e. The molecule has 0 amide bonds. The van der Waals surface area contributed by atoms with Gasteiger partial charge in [0.2, 0.25) is 0 Å². The summed E-state index contributed by atoms with van der Waals surface area (Å²) in [5.74, 6) is 0. The topological polar surface area (TPSA) is 24.5 Å². The molecule has 1 N–H and O–H groups in total. The van der Waals surface area contributed by atoms with Crippen LogP contribution in [0.15, 0.2) is 22.7 Å². The summed E-state index contributed by atoms with van der Waals surface area (Å²) >= 11 is 3.57. The highest BCUT2D eigenvalue weighted by molar-refractivity contribution is 9.10. The first-order valence-corrected chi connectivity index (χ1v) is 7.79. The van der Waals surface area contributed by atoms with Crippen LogP contribution in [0, 0.1) is 0 Å². The molecule has 1 aliphatic carbocycles. The van der Waals surface area contributed by atoms with Gasteiger partial charge in [-0.3, -0.25) is 0 Å². The lowest BCUT2D eigenvalue weighted by atomic mass is 10.1. The Labute approximate surface area is 124 Å². The molecule has 1 aromatic rings. The van der Waals surface area contributed by atoms with Crippen LogP contribution in [0.3, 0.4) is 0 Å². The zero-order valence-corrected chi connectivity index (χ0v) is 13.4. The van der Waals surface area contributed by atoms with Crippen LogP contribution in [0.25, 0.3) is 0 Å². The van der Waals surface area contributed by atoms with Crippen molar-refractivity contribution < 1.29 is 4.74 Å². The van der Waals surface area contributed by atoms with Crippen molar-refractivity contribution in [2.75, 3.05) is 31.7 Å². The summed E-state index contributed by atoms with van der Waals surface area (Å²) in [6.45, 7) is 5.84. The van der Waals surface area contributed by atoms with Crippen LogP contribution in [0.2, 0.25) is 0 Å². The maximum absolute atomic E-state index is 5.20. The van der Waals surface area contributed by atoms with Crippen LogP contribution >= 0.6 is 15.9 Å². The number of benzene rings is 1. The van der Waals surface area contributed by atoms with Gasteiger partial charge in [-0.05, 0) is 43.5 Å². The minimum absolute atomic E-state index is 0.737. The summed E-state index contributed by atoms with van der Waals surface area (Å²) < 4.78 is 6.35. The number of hydrogen-bond donors (Lipinski definition) is 1. The summed E-state index contributed by atoms with van der Waals surface area (Å²) in [5, 5.41) is 3.60. The second-order valence-corrected chi connectivity index (χ2v) is 5.92. The fourth-order valence-corrected chi connectivity index (χ4v) is 2.60. The number of ether oxygens (including phenoxy) is 1. The van der Waals surface area contributed by atoms with Gasteiger partial charge in [0.15, 0.2) is 0 Å². The highest BCUT2D eigenvalue weighted by atomic mass is 79.9. The largest absolute Gasteiger partial charge is 0.383 e. The molecule has 0 bridgehead atoms. The van der Waals surface area contributed by atoms with Crippen LogP contribution < -0.4 is 10.2 Å². The molecule has 0 unspecified atom stereocenters. The average Bonchev–Trinajstić information content (AvgIpc) is 3.23. The minimum Gasteiger partial charge on any atom is -0.383 e. The van der Waals surface area contributed by atoms with E-state index < -0.39 is 0 Å².